The maximum absolute atomic E-state index is 8.68. The van der Waals surface area contributed by atoms with Gasteiger partial charge >= 0.3 is 0 Å². The molecule has 1 atom stereocenters. The Morgan fingerprint density at radius 2 is 2.54 bits per heavy atom. The Kier molecular flexibility index (Phi) is 3.94. The van der Waals surface area contributed by atoms with Crippen molar-refractivity contribution in [3.05, 3.63) is 12.2 Å². The van der Waals surface area contributed by atoms with Crippen molar-refractivity contribution in [2.24, 2.45) is 0 Å². The molecule has 0 bridgehead atoms. The van der Waals surface area contributed by atoms with Gasteiger partial charge in [0.2, 0.25) is 0 Å². The van der Waals surface area contributed by atoms with E-state index in [0.29, 0.717) is 6.61 Å². The summed E-state index contributed by atoms with van der Waals surface area (Å²) < 4.78 is 5.24. The summed E-state index contributed by atoms with van der Waals surface area (Å²) >= 11 is 0. The highest BCUT2D eigenvalue weighted by molar-refractivity contribution is 4.98. The SMILES string of the molecule is C=C(CC)CN1CCOC(C#N)C1. The summed E-state index contributed by atoms with van der Waals surface area (Å²) in [4.78, 5) is 2.23. The Morgan fingerprint density at radius 3 is 3.15 bits per heavy atom. The first kappa shape index (κ1) is 10.2. The molecule has 0 amide bonds. The van der Waals surface area contributed by atoms with E-state index in [9.17, 15) is 0 Å². The maximum atomic E-state index is 8.68. The molecule has 0 spiro atoms. The summed E-state index contributed by atoms with van der Waals surface area (Å²) in [6, 6.07) is 2.13. The van der Waals surface area contributed by atoms with Gasteiger partial charge in [-0.05, 0) is 6.42 Å². The first-order valence-corrected chi connectivity index (χ1v) is 4.66. The largest absolute Gasteiger partial charge is 0.361 e. The molecule has 0 radical (unpaired) electrons. The predicted octanol–water partition coefficient (Wildman–Crippen LogP) is 1.18. The number of morpholine rings is 1. The highest BCUT2D eigenvalue weighted by atomic mass is 16.5. The van der Waals surface area contributed by atoms with Crippen LogP contribution in [0.15, 0.2) is 12.2 Å². The van der Waals surface area contributed by atoms with Crippen molar-refractivity contribution in [2.45, 2.75) is 19.4 Å². The molecule has 1 saturated heterocycles. The fraction of sp³-hybridized carbons (Fsp3) is 0.700. The number of nitriles is 1. The number of rotatable bonds is 3. The summed E-state index contributed by atoms with van der Waals surface area (Å²) in [5.74, 6) is 0. The van der Waals surface area contributed by atoms with Crippen LogP contribution in [0.4, 0.5) is 0 Å². The summed E-state index contributed by atoms with van der Waals surface area (Å²) in [6.07, 6.45) is 0.757. The van der Waals surface area contributed by atoms with Gasteiger partial charge < -0.3 is 4.74 Å². The average molecular weight is 180 g/mol. The van der Waals surface area contributed by atoms with Crippen LogP contribution in [0.2, 0.25) is 0 Å². The van der Waals surface area contributed by atoms with E-state index in [2.05, 4.69) is 24.5 Å². The Morgan fingerprint density at radius 1 is 1.77 bits per heavy atom. The van der Waals surface area contributed by atoms with E-state index < -0.39 is 0 Å². The van der Waals surface area contributed by atoms with Crippen LogP contribution in [0.3, 0.4) is 0 Å². The van der Waals surface area contributed by atoms with E-state index in [1.165, 1.54) is 5.57 Å². The van der Waals surface area contributed by atoms with Crippen LogP contribution in [-0.2, 0) is 4.74 Å². The number of hydrogen-bond acceptors (Lipinski definition) is 3. The minimum Gasteiger partial charge on any atom is -0.361 e. The fourth-order valence-corrected chi connectivity index (χ4v) is 1.35. The minimum absolute atomic E-state index is 0.251. The number of nitrogens with zero attached hydrogens (tertiary/aromatic N) is 2. The van der Waals surface area contributed by atoms with Gasteiger partial charge in [-0.25, -0.2) is 0 Å². The molecule has 0 aromatic heterocycles. The molecule has 0 aliphatic carbocycles. The lowest BCUT2D eigenvalue weighted by Crippen LogP contribution is -2.42. The predicted molar refractivity (Wildman–Crippen MR) is 51.2 cm³/mol. The molecule has 3 heteroatoms. The second-order valence-corrected chi connectivity index (χ2v) is 3.33. The van der Waals surface area contributed by atoms with Gasteiger partial charge in [0.05, 0.1) is 12.7 Å². The van der Waals surface area contributed by atoms with Crippen LogP contribution in [0.1, 0.15) is 13.3 Å². The second kappa shape index (κ2) is 5.00. The summed E-state index contributed by atoms with van der Waals surface area (Å²) in [7, 11) is 0. The van der Waals surface area contributed by atoms with Crippen LogP contribution < -0.4 is 0 Å². The summed E-state index contributed by atoms with van der Waals surface area (Å²) in [5.41, 5.74) is 1.22. The average Bonchev–Trinajstić information content (AvgIpc) is 2.18. The smallest absolute Gasteiger partial charge is 0.156 e. The molecule has 1 heterocycles. The minimum atomic E-state index is -0.251. The Hall–Kier alpha value is -0.850. The van der Waals surface area contributed by atoms with Gasteiger partial charge in [0.15, 0.2) is 6.10 Å². The maximum Gasteiger partial charge on any atom is 0.156 e. The molecule has 1 aliphatic heterocycles. The van der Waals surface area contributed by atoms with Crippen molar-refractivity contribution in [2.75, 3.05) is 26.2 Å². The topological polar surface area (TPSA) is 36.3 Å². The van der Waals surface area contributed by atoms with Gasteiger partial charge in [0, 0.05) is 19.6 Å². The first-order valence-electron chi connectivity index (χ1n) is 4.66. The van der Waals surface area contributed by atoms with Gasteiger partial charge in [0.25, 0.3) is 0 Å². The second-order valence-electron chi connectivity index (χ2n) is 3.33. The monoisotopic (exact) mass is 180 g/mol. The Labute approximate surface area is 79.6 Å². The number of hydrogen-bond donors (Lipinski definition) is 0. The fourth-order valence-electron chi connectivity index (χ4n) is 1.35. The van der Waals surface area contributed by atoms with Gasteiger partial charge in [-0.1, -0.05) is 19.1 Å². The zero-order valence-electron chi connectivity index (χ0n) is 8.12. The molecule has 1 fully saturated rings. The lowest BCUT2D eigenvalue weighted by molar-refractivity contribution is 0.00405. The third kappa shape index (κ3) is 3.17. The van der Waals surface area contributed by atoms with E-state index in [0.717, 1.165) is 26.1 Å². The Bertz CT molecular complexity index is 219. The molecule has 0 saturated carbocycles. The lowest BCUT2D eigenvalue weighted by atomic mass is 10.2. The molecule has 0 aromatic rings. The summed E-state index contributed by atoms with van der Waals surface area (Å²) in [5, 5.41) is 8.68. The van der Waals surface area contributed by atoms with E-state index in [1.807, 2.05) is 0 Å². The van der Waals surface area contributed by atoms with Crippen molar-refractivity contribution >= 4 is 0 Å². The van der Waals surface area contributed by atoms with Gasteiger partial charge in [-0.2, -0.15) is 5.26 Å². The molecule has 1 unspecified atom stereocenters. The van der Waals surface area contributed by atoms with E-state index in [4.69, 9.17) is 10.00 Å². The van der Waals surface area contributed by atoms with Gasteiger partial charge in [-0.3, -0.25) is 4.90 Å². The molecule has 72 valence electrons. The lowest BCUT2D eigenvalue weighted by Gasteiger charge is -2.29. The third-order valence-electron chi connectivity index (χ3n) is 2.24. The molecule has 1 aliphatic rings. The third-order valence-corrected chi connectivity index (χ3v) is 2.24. The standard InChI is InChI=1S/C10H16N2O/c1-3-9(2)7-12-4-5-13-10(6-11)8-12/h10H,2-5,7-8H2,1H3. The van der Waals surface area contributed by atoms with Gasteiger partial charge in [-0.15, -0.1) is 0 Å². The molecule has 13 heavy (non-hydrogen) atoms. The molecular formula is C10H16N2O. The van der Waals surface area contributed by atoms with Crippen molar-refractivity contribution in [3.8, 4) is 6.07 Å². The van der Waals surface area contributed by atoms with Crippen LogP contribution in [0.25, 0.3) is 0 Å². The molecule has 0 N–H and O–H groups in total. The van der Waals surface area contributed by atoms with Crippen LogP contribution in [0.5, 0.6) is 0 Å². The first-order chi connectivity index (χ1) is 6.26. The van der Waals surface area contributed by atoms with Crippen LogP contribution >= 0.6 is 0 Å². The van der Waals surface area contributed by atoms with Crippen molar-refractivity contribution in [1.29, 1.82) is 5.26 Å². The summed E-state index contributed by atoms with van der Waals surface area (Å²) in [6.45, 7) is 9.25. The molecule has 3 nitrogen and oxygen atoms in total. The molecular weight excluding hydrogens is 164 g/mol. The van der Waals surface area contributed by atoms with Crippen LogP contribution in [-0.4, -0.2) is 37.2 Å². The van der Waals surface area contributed by atoms with Crippen molar-refractivity contribution in [3.63, 3.8) is 0 Å². The quantitative estimate of drug-likeness (QED) is 0.612. The van der Waals surface area contributed by atoms with Crippen LogP contribution in [0, 0.1) is 11.3 Å². The van der Waals surface area contributed by atoms with Crippen molar-refractivity contribution in [1.82, 2.24) is 4.90 Å². The molecule has 0 aromatic carbocycles. The number of ether oxygens (including phenoxy) is 1. The molecule has 1 rings (SSSR count). The Balaban J connectivity index is 2.35. The zero-order chi connectivity index (χ0) is 9.68. The highest BCUT2D eigenvalue weighted by Crippen LogP contribution is 2.07. The zero-order valence-corrected chi connectivity index (χ0v) is 8.12. The van der Waals surface area contributed by atoms with Crippen molar-refractivity contribution < 1.29 is 4.74 Å². The highest BCUT2D eigenvalue weighted by Gasteiger charge is 2.19. The van der Waals surface area contributed by atoms with Gasteiger partial charge in [0.1, 0.15) is 0 Å². The normalized spacial score (nSPS) is 23.8. The van der Waals surface area contributed by atoms with E-state index in [-0.39, 0.29) is 6.10 Å². The van der Waals surface area contributed by atoms with E-state index >= 15 is 0 Å². The van der Waals surface area contributed by atoms with E-state index in [1.54, 1.807) is 0 Å².